The van der Waals surface area contributed by atoms with Crippen LogP contribution in [0.25, 0.3) is 0 Å². The molecule has 0 radical (unpaired) electrons. The van der Waals surface area contributed by atoms with Crippen molar-refractivity contribution in [3.8, 4) is 0 Å². The van der Waals surface area contributed by atoms with E-state index in [-0.39, 0.29) is 21.9 Å². The zero-order valence-electron chi connectivity index (χ0n) is 15.5. The summed E-state index contributed by atoms with van der Waals surface area (Å²) in [4.78, 5) is 14.8. The molecule has 8 heteroatoms. The summed E-state index contributed by atoms with van der Waals surface area (Å²) in [5.41, 5.74) is 1.51. The summed E-state index contributed by atoms with van der Waals surface area (Å²) in [5, 5.41) is 3.85. The Morgan fingerprint density at radius 2 is 1.75 bits per heavy atom. The third-order valence-corrected chi connectivity index (χ3v) is 6.67. The van der Waals surface area contributed by atoms with Crippen molar-refractivity contribution >= 4 is 38.9 Å². The maximum atomic E-state index is 12.5. The molecule has 2 aromatic carbocycles. The Bertz CT molecular complexity index is 954. The standard InChI is InChI=1S/C20H22Cl2N2O3S/c1-28(26,27)19-12-15(4-7-18(19)22)20(25)23-17-8-10-24(11-9-17)13-14-2-5-16(21)6-3-14/h2-7,12,17H,8-11,13H2,1H3,(H,23,25). The molecule has 28 heavy (non-hydrogen) atoms. The molecule has 1 saturated heterocycles. The summed E-state index contributed by atoms with van der Waals surface area (Å²) in [6.45, 7) is 2.61. The van der Waals surface area contributed by atoms with Gasteiger partial charge in [0.1, 0.15) is 0 Å². The van der Waals surface area contributed by atoms with Gasteiger partial charge in [-0.25, -0.2) is 8.42 Å². The van der Waals surface area contributed by atoms with Gasteiger partial charge in [0.05, 0.1) is 9.92 Å². The molecule has 0 aromatic heterocycles. The van der Waals surface area contributed by atoms with Gasteiger partial charge in [-0.15, -0.1) is 0 Å². The predicted molar refractivity (Wildman–Crippen MR) is 112 cm³/mol. The van der Waals surface area contributed by atoms with Crippen LogP contribution in [0.2, 0.25) is 10.0 Å². The van der Waals surface area contributed by atoms with Crippen LogP contribution in [-0.2, 0) is 16.4 Å². The van der Waals surface area contributed by atoms with E-state index in [9.17, 15) is 13.2 Å². The lowest BCUT2D eigenvalue weighted by Crippen LogP contribution is -2.44. The molecule has 0 aliphatic carbocycles. The van der Waals surface area contributed by atoms with Crippen LogP contribution in [0.5, 0.6) is 0 Å². The fourth-order valence-corrected chi connectivity index (χ4v) is 4.71. The highest BCUT2D eigenvalue weighted by atomic mass is 35.5. The molecule has 1 fully saturated rings. The molecule has 5 nitrogen and oxygen atoms in total. The van der Waals surface area contributed by atoms with Crippen LogP contribution in [0.3, 0.4) is 0 Å². The first kappa shape index (κ1) is 21.1. The summed E-state index contributed by atoms with van der Waals surface area (Å²) in [6.07, 6.45) is 2.75. The van der Waals surface area contributed by atoms with E-state index in [4.69, 9.17) is 23.2 Å². The molecule has 150 valence electrons. The number of carbonyl (C=O) groups excluding carboxylic acids is 1. The zero-order chi connectivity index (χ0) is 20.3. The number of piperidine rings is 1. The van der Waals surface area contributed by atoms with Crippen molar-refractivity contribution in [1.29, 1.82) is 0 Å². The number of carbonyl (C=O) groups is 1. The van der Waals surface area contributed by atoms with Gasteiger partial charge in [-0.2, -0.15) is 0 Å². The summed E-state index contributed by atoms with van der Waals surface area (Å²) in [7, 11) is -3.49. The largest absolute Gasteiger partial charge is 0.349 e. The van der Waals surface area contributed by atoms with Gasteiger partial charge in [-0.3, -0.25) is 9.69 Å². The van der Waals surface area contributed by atoms with Crippen molar-refractivity contribution in [2.75, 3.05) is 19.3 Å². The summed E-state index contributed by atoms with van der Waals surface area (Å²) in [6, 6.07) is 12.2. The molecule has 0 saturated carbocycles. The number of hydrogen-bond donors (Lipinski definition) is 1. The van der Waals surface area contributed by atoms with Gasteiger partial charge in [-0.05, 0) is 48.7 Å². The van der Waals surface area contributed by atoms with E-state index in [0.717, 1.165) is 43.8 Å². The summed E-state index contributed by atoms with van der Waals surface area (Å²) in [5.74, 6) is -0.280. The number of rotatable bonds is 5. The topological polar surface area (TPSA) is 66.5 Å². The average molecular weight is 441 g/mol. The van der Waals surface area contributed by atoms with Crippen LogP contribution in [0.15, 0.2) is 47.4 Å². The van der Waals surface area contributed by atoms with Crippen molar-refractivity contribution in [3.63, 3.8) is 0 Å². The first-order chi connectivity index (χ1) is 13.2. The Balaban J connectivity index is 1.56. The molecular formula is C20H22Cl2N2O3S. The zero-order valence-corrected chi connectivity index (χ0v) is 17.8. The smallest absolute Gasteiger partial charge is 0.251 e. The van der Waals surface area contributed by atoms with Crippen LogP contribution in [0.1, 0.15) is 28.8 Å². The molecule has 0 bridgehead atoms. The highest BCUT2D eigenvalue weighted by Crippen LogP contribution is 2.23. The molecule has 0 atom stereocenters. The number of amides is 1. The fraction of sp³-hybridized carbons (Fsp3) is 0.350. The Hall–Kier alpha value is -1.60. The van der Waals surface area contributed by atoms with Crippen molar-refractivity contribution in [3.05, 3.63) is 63.6 Å². The number of sulfone groups is 1. The quantitative estimate of drug-likeness (QED) is 0.767. The van der Waals surface area contributed by atoms with Gasteiger partial charge in [-0.1, -0.05) is 35.3 Å². The number of nitrogens with one attached hydrogen (secondary N) is 1. The summed E-state index contributed by atoms with van der Waals surface area (Å²) >= 11 is 11.9. The maximum absolute atomic E-state index is 12.5. The maximum Gasteiger partial charge on any atom is 0.251 e. The van der Waals surface area contributed by atoms with Crippen molar-refractivity contribution < 1.29 is 13.2 Å². The number of likely N-dealkylation sites (tertiary alicyclic amines) is 1. The van der Waals surface area contributed by atoms with E-state index in [2.05, 4.69) is 10.2 Å². The number of nitrogens with zero attached hydrogens (tertiary/aromatic N) is 1. The highest BCUT2D eigenvalue weighted by Gasteiger charge is 2.22. The number of halogens is 2. The normalized spacial score (nSPS) is 16.1. The van der Waals surface area contributed by atoms with Crippen LogP contribution in [-0.4, -0.2) is 44.6 Å². The third-order valence-electron chi connectivity index (χ3n) is 4.84. The number of hydrogen-bond acceptors (Lipinski definition) is 4. The monoisotopic (exact) mass is 440 g/mol. The Kier molecular flexibility index (Phi) is 6.65. The Morgan fingerprint density at radius 3 is 2.36 bits per heavy atom. The minimum Gasteiger partial charge on any atom is -0.349 e. The average Bonchev–Trinajstić information content (AvgIpc) is 2.64. The van der Waals surface area contributed by atoms with E-state index in [0.29, 0.717) is 5.56 Å². The molecule has 1 N–H and O–H groups in total. The van der Waals surface area contributed by atoms with E-state index < -0.39 is 9.84 Å². The van der Waals surface area contributed by atoms with Crippen LogP contribution >= 0.6 is 23.2 Å². The predicted octanol–water partition coefficient (Wildman–Crippen LogP) is 3.79. The summed E-state index contributed by atoms with van der Waals surface area (Å²) < 4.78 is 23.6. The van der Waals surface area contributed by atoms with Crippen LogP contribution in [0, 0.1) is 0 Å². The fourth-order valence-electron chi connectivity index (χ4n) is 3.28. The molecule has 2 aromatic rings. The molecule has 0 spiro atoms. The van der Waals surface area contributed by atoms with Crippen LogP contribution < -0.4 is 5.32 Å². The molecule has 0 unspecified atom stereocenters. The van der Waals surface area contributed by atoms with Crippen molar-refractivity contribution in [2.45, 2.75) is 30.3 Å². The first-order valence-corrected chi connectivity index (χ1v) is 11.6. The van der Waals surface area contributed by atoms with E-state index in [1.54, 1.807) is 6.07 Å². The van der Waals surface area contributed by atoms with Crippen molar-refractivity contribution in [2.24, 2.45) is 0 Å². The minimum atomic E-state index is -3.49. The second-order valence-corrected chi connectivity index (χ2v) is 9.90. The molecule has 1 heterocycles. The lowest BCUT2D eigenvalue weighted by atomic mass is 10.0. The molecule has 1 amide bonds. The number of benzene rings is 2. The second kappa shape index (κ2) is 8.82. The van der Waals surface area contributed by atoms with Gasteiger partial charge in [0.2, 0.25) is 0 Å². The van der Waals surface area contributed by atoms with Crippen LogP contribution in [0.4, 0.5) is 0 Å². The van der Waals surface area contributed by atoms with Gasteiger partial charge in [0, 0.05) is 42.5 Å². The third kappa shape index (κ3) is 5.47. The minimum absolute atomic E-state index is 0.0281. The SMILES string of the molecule is CS(=O)(=O)c1cc(C(=O)NC2CCN(Cc3ccc(Cl)cc3)CC2)ccc1Cl. The van der Waals surface area contributed by atoms with E-state index in [1.807, 2.05) is 24.3 Å². The molecule has 1 aliphatic heterocycles. The van der Waals surface area contributed by atoms with E-state index in [1.165, 1.54) is 17.7 Å². The Morgan fingerprint density at radius 1 is 1.11 bits per heavy atom. The van der Waals surface area contributed by atoms with Crippen molar-refractivity contribution in [1.82, 2.24) is 10.2 Å². The van der Waals surface area contributed by atoms with Gasteiger partial charge < -0.3 is 5.32 Å². The highest BCUT2D eigenvalue weighted by molar-refractivity contribution is 7.90. The van der Waals surface area contributed by atoms with Gasteiger partial charge >= 0.3 is 0 Å². The van der Waals surface area contributed by atoms with Gasteiger partial charge in [0.25, 0.3) is 5.91 Å². The Labute approximate surface area is 175 Å². The second-order valence-electron chi connectivity index (χ2n) is 7.07. The molecular weight excluding hydrogens is 419 g/mol. The lowest BCUT2D eigenvalue weighted by molar-refractivity contribution is 0.0908. The van der Waals surface area contributed by atoms with Gasteiger partial charge in [0.15, 0.2) is 9.84 Å². The first-order valence-electron chi connectivity index (χ1n) is 8.99. The molecule has 3 rings (SSSR count). The van der Waals surface area contributed by atoms with E-state index >= 15 is 0 Å². The molecule has 1 aliphatic rings. The lowest BCUT2D eigenvalue weighted by Gasteiger charge is -2.32.